The van der Waals surface area contributed by atoms with Crippen molar-refractivity contribution in [3.63, 3.8) is 0 Å². The SMILES string of the molecule is COC(=O)Oc1ccc(C[C@@H](N)C(=O)N2CC(C)Cc3ccccc32)c(C)c1. The summed E-state index contributed by atoms with van der Waals surface area (Å²) in [5, 5.41) is 0. The molecular weight excluding hydrogens is 356 g/mol. The zero-order valence-electron chi connectivity index (χ0n) is 16.5. The van der Waals surface area contributed by atoms with Gasteiger partial charge in [-0.3, -0.25) is 4.79 Å². The lowest BCUT2D eigenvalue weighted by molar-refractivity contribution is -0.120. The molecule has 0 saturated heterocycles. The largest absolute Gasteiger partial charge is 0.513 e. The van der Waals surface area contributed by atoms with Gasteiger partial charge < -0.3 is 20.1 Å². The maximum absolute atomic E-state index is 13.1. The summed E-state index contributed by atoms with van der Waals surface area (Å²) in [7, 11) is 1.26. The number of fused-ring (bicyclic) bond motifs is 1. The Kier molecular flexibility index (Phi) is 5.99. The highest BCUT2D eigenvalue weighted by molar-refractivity contribution is 5.98. The van der Waals surface area contributed by atoms with Gasteiger partial charge >= 0.3 is 6.16 Å². The van der Waals surface area contributed by atoms with Crippen LogP contribution in [0.15, 0.2) is 42.5 Å². The lowest BCUT2D eigenvalue weighted by Crippen LogP contribution is -2.48. The molecule has 0 spiro atoms. The first-order valence-corrected chi connectivity index (χ1v) is 9.39. The molecule has 0 fully saturated rings. The Bertz CT molecular complexity index is 881. The van der Waals surface area contributed by atoms with Gasteiger partial charge in [-0.2, -0.15) is 0 Å². The second-order valence-electron chi connectivity index (χ2n) is 7.34. The van der Waals surface area contributed by atoms with Crippen LogP contribution in [0.25, 0.3) is 0 Å². The van der Waals surface area contributed by atoms with Gasteiger partial charge in [0.15, 0.2) is 0 Å². The van der Waals surface area contributed by atoms with Gasteiger partial charge in [0.1, 0.15) is 5.75 Å². The van der Waals surface area contributed by atoms with Gasteiger partial charge in [-0.1, -0.05) is 31.2 Å². The third-order valence-electron chi connectivity index (χ3n) is 5.05. The van der Waals surface area contributed by atoms with E-state index in [-0.39, 0.29) is 5.91 Å². The Morgan fingerprint density at radius 2 is 2.00 bits per heavy atom. The normalized spacial score (nSPS) is 16.9. The average molecular weight is 382 g/mol. The van der Waals surface area contributed by atoms with E-state index in [0.717, 1.165) is 23.2 Å². The van der Waals surface area contributed by atoms with Gasteiger partial charge in [0.2, 0.25) is 5.91 Å². The molecule has 2 aromatic carbocycles. The Morgan fingerprint density at radius 1 is 1.25 bits per heavy atom. The summed E-state index contributed by atoms with van der Waals surface area (Å²) in [5.41, 5.74) is 10.3. The topological polar surface area (TPSA) is 81.9 Å². The number of amides is 1. The van der Waals surface area contributed by atoms with E-state index in [2.05, 4.69) is 17.7 Å². The number of benzene rings is 2. The van der Waals surface area contributed by atoms with Crippen molar-refractivity contribution >= 4 is 17.7 Å². The number of nitrogens with two attached hydrogens (primary N) is 1. The maximum atomic E-state index is 13.1. The van der Waals surface area contributed by atoms with E-state index in [9.17, 15) is 9.59 Å². The van der Waals surface area contributed by atoms with Crippen LogP contribution in [0.2, 0.25) is 0 Å². The molecule has 1 aliphatic heterocycles. The summed E-state index contributed by atoms with van der Waals surface area (Å²) >= 11 is 0. The van der Waals surface area contributed by atoms with E-state index >= 15 is 0 Å². The minimum atomic E-state index is -0.767. The minimum Gasteiger partial charge on any atom is -0.437 e. The monoisotopic (exact) mass is 382 g/mol. The van der Waals surface area contributed by atoms with Gasteiger partial charge in [0.05, 0.1) is 13.2 Å². The van der Waals surface area contributed by atoms with E-state index < -0.39 is 12.2 Å². The highest BCUT2D eigenvalue weighted by atomic mass is 16.7. The molecule has 6 nitrogen and oxygen atoms in total. The van der Waals surface area contributed by atoms with Crippen LogP contribution in [-0.2, 0) is 22.4 Å². The van der Waals surface area contributed by atoms with Crippen LogP contribution in [0.3, 0.4) is 0 Å². The van der Waals surface area contributed by atoms with E-state index in [1.165, 1.54) is 12.7 Å². The molecule has 0 saturated carbocycles. The Labute approximate surface area is 165 Å². The lowest BCUT2D eigenvalue weighted by atomic mass is 9.92. The van der Waals surface area contributed by atoms with Crippen molar-refractivity contribution in [1.29, 1.82) is 0 Å². The quantitative estimate of drug-likeness (QED) is 0.648. The molecule has 2 N–H and O–H groups in total. The fourth-order valence-corrected chi connectivity index (χ4v) is 3.63. The second-order valence-corrected chi connectivity index (χ2v) is 7.34. The van der Waals surface area contributed by atoms with E-state index in [1.54, 1.807) is 12.1 Å². The molecule has 0 aromatic heterocycles. The average Bonchev–Trinajstić information content (AvgIpc) is 2.68. The van der Waals surface area contributed by atoms with Crippen molar-refractivity contribution in [1.82, 2.24) is 0 Å². The summed E-state index contributed by atoms with van der Waals surface area (Å²) < 4.78 is 9.52. The standard InChI is InChI=1S/C22H26N2O4/c1-14-10-17-6-4-5-7-20(17)24(13-14)21(25)19(23)12-16-8-9-18(11-15(16)2)28-22(26)27-3/h4-9,11,14,19H,10,12-13,23H2,1-3H3/t14?,19-/m1/s1. The summed E-state index contributed by atoms with van der Waals surface area (Å²) in [6, 6.07) is 12.6. The molecule has 0 bridgehead atoms. The molecule has 3 rings (SSSR count). The number of anilines is 1. The van der Waals surface area contributed by atoms with Gasteiger partial charge in [-0.15, -0.1) is 0 Å². The Hall–Kier alpha value is -2.86. The summed E-state index contributed by atoms with van der Waals surface area (Å²) in [6.07, 6.45) is 0.614. The number of ether oxygens (including phenoxy) is 2. The van der Waals surface area contributed by atoms with Crippen LogP contribution in [-0.4, -0.2) is 31.8 Å². The predicted molar refractivity (Wildman–Crippen MR) is 108 cm³/mol. The molecule has 148 valence electrons. The molecule has 0 aliphatic carbocycles. The summed E-state index contributed by atoms with van der Waals surface area (Å²) in [4.78, 5) is 26.1. The van der Waals surface area contributed by atoms with Crippen molar-refractivity contribution in [3.05, 3.63) is 59.2 Å². The van der Waals surface area contributed by atoms with Gasteiger partial charge in [-0.05, 0) is 60.6 Å². The molecule has 28 heavy (non-hydrogen) atoms. The third kappa shape index (κ3) is 4.34. The molecular formula is C22H26N2O4. The number of rotatable bonds is 4. The Balaban J connectivity index is 1.74. The molecule has 1 amide bonds. The number of carbonyl (C=O) groups excluding carboxylic acids is 2. The maximum Gasteiger partial charge on any atom is 0.513 e. The first-order valence-electron chi connectivity index (χ1n) is 9.39. The number of methoxy groups -OCH3 is 1. The van der Waals surface area contributed by atoms with Crippen molar-refractivity contribution in [2.45, 2.75) is 32.7 Å². The van der Waals surface area contributed by atoms with Crippen molar-refractivity contribution in [3.8, 4) is 5.75 Å². The zero-order chi connectivity index (χ0) is 20.3. The number of para-hydroxylation sites is 1. The highest BCUT2D eigenvalue weighted by Crippen LogP contribution is 2.30. The third-order valence-corrected chi connectivity index (χ3v) is 5.05. The lowest BCUT2D eigenvalue weighted by Gasteiger charge is -2.34. The molecule has 1 heterocycles. The summed E-state index contributed by atoms with van der Waals surface area (Å²) in [5.74, 6) is 0.711. The summed E-state index contributed by atoms with van der Waals surface area (Å²) in [6.45, 7) is 4.72. The minimum absolute atomic E-state index is 0.0757. The fraction of sp³-hybridized carbons (Fsp3) is 0.364. The van der Waals surface area contributed by atoms with E-state index in [1.807, 2.05) is 36.1 Å². The number of nitrogens with zero attached hydrogens (tertiary/aromatic N) is 1. The van der Waals surface area contributed by atoms with E-state index in [4.69, 9.17) is 10.5 Å². The first-order chi connectivity index (χ1) is 13.4. The van der Waals surface area contributed by atoms with Crippen molar-refractivity contribution in [2.24, 2.45) is 11.7 Å². The highest BCUT2D eigenvalue weighted by Gasteiger charge is 2.29. The molecule has 2 atom stereocenters. The first kappa shape index (κ1) is 19.9. The molecule has 2 aromatic rings. The predicted octanol–water partition coefficient (Wildman–Crippen LogP) is 3.24. The number of aryl methyl sites for hydroxylation is 1. The van der Waals surface area contributed by atoms with Gasteiger partial charge in [0.25, 0.3) is 0 Å². The molecule has 1 aliphatic rings. The van der Waals surface area contributed by atoms with Crippen molar-refractivity contribution < 1.29 is 19.1 Å². The second kappa shape index (κ2) is 8.44. The molecule has 6 heteroatoms. The van der Waals surface area contributed by atoms with Crippen LogP contribution in [0.1, 0.15) is 23.6 Å². The Morgan fingerprint density at radius 3 is 2.71 bits per heavy atom. The van der Waals surface area contributed by atoms with Crippen LogP contribution >= 0.6 is 0 Å². The van der Waals surface area contributed by atoms with Gasteiger partial charge in [0, 0.05) is 12.2 Å². The van der Waals surface area contributed by atoms with Crippen LogP contribution < -0.4 is 15.4 Å². The number of hydrogen-bond donors (Lipinski definition) is 1. The fourth-order valence-electron chi connectivity index (χ4n) is 3.63. The van der Waals surface area contributed by atoms with E-state index in [0.29, 0.717) is 24.6 Å². The number of hydrogen-bond acceptors (Lipinski definition) is 5. The molecule has 0 radical (unpaired) electrons. The number of carbonyl (C=O) groups is 2. The van der Waals surface area contributed by atoms with Crippen LogP contribution in [0, 0.1) is 12.8 Å². The van der Waals surface area contributed by atoms with Crippen LogP contribution in [0.5, 0.6) is 5.75 Å². The zero-order valence-corrected chi connectivity index (χ0v) is 16.5. The van der Waals surface area contributed by atoms with Gasteiger partial charge in [-0.25, -0.2) is 4.79 Å². The smallest absolute Gasteiger partial charge is 0.437 e. The molecule has 1 unspecified atom stereocenters. The van der Waals surface area contributed by atoms with Crippen molar-refractivity contribution in [2.75, 3.05) is 18.6 Å². The van der Waals surface area contributed by atoms with Crippen LogP contribution in [0.4, 0.5) is 10.5 Å².